The molecular weight excluding hydrogens is 1040 g/mol. The first kappa shape index (κ1) is 53.6. The molecule has 14 aromatic carbocycles. The summed E-state index contributed by atoms with van der Waals surface area (Å²) < 4.78 is 0. The second-order valence-electron chi connectivity index (χ2n) is 21.3. The van der Waals surface area contributed by atoms with Gasteiger partial charge in [-0.05, 0) is 159 Å². The lowest BCUT2D eigenvalue weighted by molar-refractivity contribution is 1.21. The van der Waals surface area contributed by atoms with Crippen LogP contribution in [0.3, 0.4) is 0 Å². The van der Waals surface area contributed by atoms with Crippen molar-refractivity contribution in [3.05, 3.63) is 327 Å². The smallest absolute Gasteiger partial charge is 0.0992 e. The number of fused-ring (bicyclic) bond motifs is 4. The van der Waals surface area contributed by atoms with E-state index in [2.05, 4.69) is 299 Å². The fourth-order valence-electron chi connectivity index (χ4n) is 11.6. The van der Waals surface area contributed by atoms with E-state index < -0.39 is 0 Å². The summed E-state index contributed by atoms with van der Waals surface area (Å²) in [5.74, 6) is 0. The monoisotopic (exact) mass is 1100 g/mol. The number of benzene rings is 14. The molecule has 0 saturated heterocycles. The first-order valence-corrected chi connectivity index (χ1v) is 28.8. The predicted molar refractivity (Wildman–Crippen MR) is 362 cm³/mol. The van der Waals surface area contributed by atoms with Crippen LogP contribution in [0.25, 0.3) is 65.3 Å². The van der Waals surface area contributed by atoms with Gasteiger partial charge in [-0.15, -0.1) is 0 Å². The maximum atomic E-state index is 9.28. The van der Waals surface area contributed by atoms with E-state index in [4.69, 9.17) is 5.26 Å². The highest BCUT2D eigenvalue weighted by Gasteiger charge is 2.20. The summed E-state index contributed by atoms with van der Waals surface area (Å²) in [6.07, 6.45) is 0. The summed E-state index contributed by atoms with van der Waals surface area (Å²) in [6.45, 7) is 0. The molecule has 0 bridgehead atoms. The number of rotatable bonds is 12. The molecule has 6 nitrogen and oxygen atoms in total. The van der Waals surface area contributed by atoms with Gasteiger partial charge in [-0.25, -0.2) is 0 Å². The van der Waals surface area contributed by atoms with E-state index in [-0.39, 0.29) is 0 Å². The molecule has 14 rings (SSSR count). The number of hydrogen-bond donors (Lipinski definition) is 0. The molecule has 0 amide bonds. The van der Waals surface area contributed by atoms with Gasteiger partial charge in [0.15, 0.2) is 0 Å². The van der Waals surface area contributed by atoms with Gasteiger partial charge >= 0.3 is 0 Å². The highest BCUT2D eigenvalue weighted by molar-refractivity contribution is 6.06. The molecule has 0 atom stereocenters. The second-order valence-corrected chi connectivity index (χ2v) is 21.3. The fraction of sp³-hybridized carbons (Fsp3) is 0.0250. The molecule has 0 aliphatic carbocycles. The van der Waals surface area contributed by atoms with Crippen molar-refractivity contribution in [2.75, 3.05) is 33.7 Å². The number of anilines is 10. The van der Waals surface area contributed by atoms with Crippen molar-refractivity contribution in [3.8, 4) is 34.4 Å². The maximum absolute atomic E-state index is 9.28. The first-order valence-electron chi connectivity index (χ1n) is 28.8. The van der Waals surface area contributed by atoms with E-state index in [1.54, 1.807) is 0 Å². The molecule has 0 spiro atoms. The quantitative estimate of drug-likeness (QED) is 0.121. The zero-order valence-electron chi connectivity index (χ0n) is 47.7. The van der Waals surface area contributed by atoms with Crippen LogP contribution in [0.4, 0.5) is 56.9 Å². The second kappa shape index (κ2) is 24.0. The largest absolute Gasteiger partial charge is 0.345 e. The van der Waals surface area contributed by atoms with Gasteiger partial charge in [0.05, 0.1) is 46.0 Å². The van der Waals surface area contributed by atoms with Crippen molar-refractivity contribution in [3.63, 3.8) is 0 Å². The molecule has 0 heterocycles. The Bertz CT molecular complexity index is 4630. The number of nitrogens with zero attached hydrogens (tertiary/aromatic N) is 6. The van der Waals surface area contributed by atoms with E-state index in [0.717, 1.165) is 79.1 Å². The predicted octanol–water partition coefficient (Wildman–Crippen LogP) is 21.5. The van der Waals surface area contributed by atoms with E-state index >= 15 is 0 Å². The van der Waals surface area contributed by atoms with Crippen LogP contribution in [-0.2, 0) is 0 Å². The Morgan fingerprint density at radius 2 is 0.500 bits per heavy atom. The Balaban J connectivity index is 0.000000160. The Labute approximate surface area is 502 Å². The van der Waals surface area contributed by atoms with Crippen LogP contribution in [0.5, 0.6) is 0 Å². The SMILES string of the molecule is CN(c1ccc(-c2ccc(N(c3cccc4ccccc34)c3cccc4ccccc34)cc2)cc1)c1cccc(C#N)c1.CN(c1ccc(C#N)cc1)c1ccc(-c2ccc(N(c3cccc4ccccc34)c3cccc4ccccc34)cc2)cc1. The normalized spacial score (nSPS) is 10.9. The standard InChI is InChI=1S/2C40H29N3/c1-42(36-14-6-9-29(27-36)28-41)34-23-19-30(20-24-34)31-21-25-35(26-22-31)43(39-17-7-12-32-10-2-4-15-37(32)39)40-18-8-13-33-11-3-5-16-38(33)40;1-42(34-22-16-29(28-41)17-23-34)35-24-18-30(19-25-35)31-20-26-36(27-21-31)43(39-14-6-10-32-8-2-4-12-37(32)39)40-15-7-11-33-9-3-5-13-38(33)40/h2*2-27H,1H3. The van der Waals surface area contributed by atoms with Crippen molar-refractivity contribution in [2.45, 2.75) is 0 Å². The zero-order chi connectivity index (χ0) is 58.3. The molecular formula is C80H58N6. The van der Waals surface area contributed by atoms with Crippen molar-refractivity contribution in [2.24, 2.45) is 0 Å². The highest BCUT2D eigenvalue weighted by atomic mass is 15.2. The minimum Gasteiger partial charge on any atom is -0.345 e. The molecule has 0 aliphatic heterocycles. The van der Waals surface area contributed by atoms with Crippen molar-refractivity contribution >= 4 is 100.0 Å². The number of hydrogen-bond acceptors (Lipinski definition) is 6. The van der Waals surface area contributed by atoms with E-state index in [9.17, 15) is 5.26 Å². The van der Waals surface area contributed by atoms with Crippen molar-refractivity contribution in [1.82, 2.24) is 0 Å². The molecule has 0 aromatic heterocycles. The highest BCUT2D eigenvalue weighted by Crippen LogP contribution is 2.45. The van der Waals surface area contributed by atoms with Gasteiger partial charge < -0.3 is 19.6 Å². The summed E-state index contributed by atoms with van der Waals surface area (Å²) >= 11 is 0. The van der Waals surface area contributed by atoms with Crippen LogP contribution < -0.4 is 19.6 Å². The third-order valence-electron chi connectivity index (χ3n) is 16.2. The van der Waals surface area contributed by atoms with Gasteiger partial charge in [0, 0.05) is 69.8 Å². The lowest BCUT2D eigenvalue weighted by atomic mass is 10.0. The fourth-order valence-corrected chi connectivity index (χ4v) is 11.6. The summed E-state index contributed by atoms with van der Waals surface area (Å²) in [6, 6.07) is 115. The topological polar surface area (TPSA) is 60.5 Å². The zero-order valence-corrected chi connectivity index (χ0v) is 47.7. The average molecular weight is 1100 g/mol. The molecule has 0 radical (unpaired) electrons. The minimum atomic E-state index is 0.655. The molecule has 86 heavy (non-hydrogen) atoms. The van der Waals surface area contributed by atoms with Gasteiger partial charge in [-0.2, -0.15) is 10.5 Å². The summed E-state index contributed by atoms with van der Waals surface area (Å²) in [5, 5.41) is 28.1. The van der Waals surface area contributed by atoms with Crippen molar-refractivity contribution in [1.29, 1.82) is 10.5 Å². The molecule has 0 unspecified atom stereocenters. The average Bonchev–Trinajstić information content (AvgIpc) is 3.17. The molecule has 408 valence electrons. The minimum absolute atomic E-state index is 0.655. The van der Waals surface area contributed by atoms with Crippen molar-refractivity contribution < 1.29 is 0 Å². The molecule has 0 fully saturated rings. The summed E-state index contributed by atoms with van der Waals surface area (Å²) in [7, 11) is 4.07. The molecule has 0 aliphatic rings. The Morgan fingerprint density at radius 1 is 0.233 bits per heavy atom. The molecule has 6 heteroatoms. The van der Waals surface area contributed by atoms with Crippen LogP contribution >= 0.6 is 0 Å². The summed E-state index contributed by atoms with van der Waals surface area (Å²) in [4.78, 5) is 8.98. The van der Waals surface area contributed by atoms with Gasteiger partial charge in [-0.3, -0.25) is 0 Å². The number of nitriles is 2. The Morgan fingerprint density at radius 3 is 0.826 bits per heavy atom. The third-order valence-corrected chi connectivity index (χ3v) is 16.2. The van der Waals surface area contributed by atoms with Gasteiger partial charge in [0.2, 0.25) is 0 Å². The van der Waals surface area contributed by atoms with Crippen LogP contribution in [0.2, 0.25) is 0 Å². The van der Waals surface area contributed by atoms with Crippen LogP contribution in [-0.4, -0.2) is 14.1 Å². The van der Waals surface area contributed by atoms with Gasteiger partial charge in [-0.1, -0.05) is 200 Å². The van der Waals surface area contributed by atoms with E-state index in [0.29, 0.717) is 11.1 Å². The molecule has 0 N–H and O–H groups in total. The summed E-state index contributed by atoms with van der Waals surface area (Å²) in [5.41, 5.74) is 16.9. The molecule has 14 aromatic rings. The van der Waals surface area contributed by atoms with Gasteiger partial charge in [0.1, 0.15) is 0 Å². The van der Waals surface area contributed by atoms with E-state index in [1.165, 1.54) is 43.1 Å². The Kier molecular flexibility index (Phi) is 15.0. The lowest BCUT2D eigenvalue weighted by Crippen LogP contribution is -2.11. The van der Waals surface area contributed by atoms with E-state index in [1.807, 2.05) is 62.6 Å². The maximum Gasteiger partial charge on any atom is 0.0992 e. The lowest BCUT2D eigenvalue weighted by Gasteiger charge is -2.28. The first-order chi connectivity index (χ1) is 42.4. The van der Waals surface area contributed by atoms with Gasteiger partial charge in [0.25, 0.3) is 0 Å². The van der Waals surface area contributed by atoms with Crippen LogP contribution in [0.15, 0.2) is 315 Å². The van der Waals surface area contributed by atoms with Crippen LogP contribution in [0, 0.1) is 22.7 Å². The van der Waals surface area contributed by atoms with Crippen LogP contribution in [0.1, 0.15) is 11.1 Å². The Hall–Kier alpha value is -11.7. The molecule has 0 saturated carbocycles. The third kappa shape index (κ3) is 10.8.